The van der Waals surface area contributed by atoms with Crippen LogP contribution in [0.25, 0.3) is 0 Å². The van der Waals surface area contributed by atoms with E-state index in [-0.39, 0.29) is 17.8 Å². The molecule has 0 bridgehead atoms. The maximum Gasteiger partial charge on any atom is 0.338 e. The van der Waals surface area contributed by atoms with Crippen LogP contribution in [0.2, 0.25) is 5.02 Å². The zero-order chi connectivity index (χ0) is 16.1. The molecule has 6 nitrogen and oxygen atoms in total. The van der Waals surface area contributed by atoms with Gasteiger partial charge in [0, 0.05) is 0 Å². The Kier molecular flexibility index (Phi) is 5.06. The number of anilines is 1. The first-order chi connectivity index (χ1) is 10.5. The van der Waals surface area contributed by atoms with Crippen LogP contribution in [-0.4, -0.2) is 18.0 Å². The molecule has 0 saturated heterocycles. The van der Waals surface area contributed by atoms with Crippen LogP contribution in [0.4, 0.5) is 5.69 Å². The molecule has 1 amide bonds. The highest BCUT2D eigenvalue weighted by atomic mass is 35.5. The summed E-state index contributed by atoms with van der Waals surface area (Å²) in [4.78, 5) is 23.8. The van der Waals surface area contributed by atoms with E-state index in [4.69, 9.17) is 26.5 Å². The van der Waals surface area contributed by atoms with Crippen LogP contribution in [-0.2, 0) is 16.1 Å². The number of hydrogen-bond acceptors (Lipinski definition) is 5. The molecular formula is C15H15ClN2O4. The number of halogens is 1. The fraction of sp³-hybridized carbons (Fsp3) is 0.200. The van der Waals surface area contributed by atoms with Crippen LogP contribution in [0.5, 0.6) is 0 Å². The average molecular weight is 323 g/mol. The summed E-state index contributed by atoms with van der Waals surface area (Å²) in [6, 6.07) is 7.82. The van der Waals surface area contributed by atoms with Gasteiger partial charge in [0.25, 0.3) is 5.91 Å². The fourth-order valence-electron chi connectivity index (χ4n) is 1.68. The first kappa shape index (κ1) is 15.9. The van der Waals surface area contributed by atoms with Crippen LogP contribution >= 0.6 is 11.6 Å². The molecule has 0 radical (unpaired) electrons. The lowest BCUT2D eigenvalue weighted by Crippen LogP contribution is -2.35. The second-order valence-corrected chi connectivity index (χ2v) is 4.99. The second-order valence-electron chi connectivity index (χ2n) is 4.58. The van der Waals surface area contributed by atoms with Crippen molar-refractivity contribution < 1.29 is 18.7 Å². The zero-order valence-corrected chi connectivity index (χ0v) is 12.6. The van der Waals surface area contributed by atoms with E-state index in [0.29, 0.717) is 10.8 Å². The maximum absolute atomic E-state index is 11.9. The van der Waals surface area contributed by atoms with Gasteiger partial charge in [-0.3, -0.25) is 4.79 Å². The standard InChI is InChI=1S/C15H15ClN2O4/c1-9(14(19)18-8-11-3-2-6-21-11)22-15(20)10-4-5-12(16)13(17)7-10/h2-7,9H,8,17H2,1H3,(H,18,19)/t9-/m0/s1. The molecule has 1 atom stereocenters. The third kappa shape index (κ3) is 4.02. The van der Waals surface area contributed by atoms with Gasteiger partial charge in [-0.1, -0.05) is 11.6 Å². The van der Waals surface area contributed by atoms with Gasteiger partial charge in [-0.05, 0) is 37.3 Å². The summed E-state index contributed by atoms with van der Waals surface area (Å²) in [6.07, 6.45) is 0.565. The van der Waals surface area contributed by atoms with Crippen molar-refractivity contribution >= 4 is 29.2 Å². The summed E-state index contributed by atoms with van der Waals surface area (Å²) in [5, 5.41) is 2.95. The Morgan fingerprint density at radius 2 is 2.18 bits per heavy atom. The number of furan rings is 1. The van der Waals surface area contributed by atoms with E-state index in [1.165, 1.54) is 31.4 Å². The molecule has 0 unspecified atom stereocenters. The van der Waals surface area contributed by atoms with Crippen molar-refractivity contribution in [1.29, 1.82) is 0 Å². The second kappa shape index (κ2) is 7.00. The highest BCUT2D eigenvalue weighted by Gasteiger charge is 2.19. The highest BCUT2D eigenvalue weighted by Crippen LogP contribution is 2.20. The minimum absolute atomic E-state index is 0.224. The Morgan fingerprint density at radius 3 is 2.82 bits per heavy atom. The predicted octanol–water partition coefficient (Wildman–Crippen LogP) is 2.38. The summed E-state index contributed by atoms with van der Waals surface area (Å²) in [6.45, 7) is 1.70. The van der Waals surface area contributed by atoms with Crippen molar-refractivity contribution in [1.82, 2.24) is 5.32 Å². The normalized spacial score (nSPS) is 11.7. The summed E-state index contributed by atoms with van der Waals surface area (Å²) >= 11 is 5.78. The molecular weight excluding hydrogens is 308 g/mol. The minimum atomic E-state index is -0.945. The highest BCUT2D eigenvalue weighted by molar-refractivity contribution is 6.33. The van der Waals surface area contributed by atoms with Crippen molar-refractivity contribution in [3.63, 3.8) is 0 Å². The van der Waals surface area contributed by atoms with E-state index in [9.17, 15) is 9.59 Å². The van der Waals surface area contributed by atoms with E-state index >= 15 is 0 Å². The molecule has 0 saturated carbocycles. The van der Waals surface area contributed by atoms with Gasteiger partial charge in [0.15, 0.2) is 6.10 Å². The van der Waals surface area contributed by atoms with Crippen molar-refractivity contribution in [3.8, 4) is 0 Å². The van der Waals surface area contributed by atoms with E-state index in [0.717, 1.165) is 0 Å². The molecule has 0 aliphatic rings. The third-order valence-corrected chi connectivity index (χ3v) is 3.25. The number of benzene rings is 1. The lowest BCUT2D eigenvalue weighted by atomic mass is 10.2. The number of esters is 1. The fourth-order valence-corrected chi connectivity index (χ4v) is 1.80. The number of nitrogens with two attached hydrogens (primary N) is 1. The number of hydrogen-bond donors (Lipinski definition) is 2. The lowest BCUT2D eigenvalue weighted by Gasteiger charge is -2.13. The smallest absolute Gasteiger partial charge is 0.338 e. The van der Waals surface area contributed by atoms with Gasteiger partial charge in [0.1, 0.15) is 5.76 Å². The molecule has 7 heteroatoms. The molecule has 2 aromatic rings. The number of rotatable bonds is 5. The molecule has 2 rings (SSSR count). The molecule has 1 aromatic carbocycles. The number of carbonyl (C=O) groups is 2. The zero-order valence-electron chi connectivity index (χ0n) is 11.8. The van der Waals surface area contributed by atoms with Gasteiger partial charge in [-0.15, -0.1) is 0 Å². The number of nitrogen functional groups attached to an aromatic ring is 1. The topological polar surface area (TPSA) is 94.6 Å². The molecule has 116 valence electrons. The number of carbonyl (C=O) groups excluding carboxylic acids is 2. The predicted molar refractivity (Wildman–Crippen MR) is 81.3 cm³/mol. The Hall–Kier alpha value is -2.47. The molecule has 3 N–H and O–H groups in total. The van der Waals surface area contributed by atoms with Crippen LogP contribution in [0.15, 0.2) is 41.0 Å². The Balaban J connectivity index is 1.89. The Labute approximate surface area is 132 Å². The minimum Gasteiger partial charge on any atom is -0.467 e. The van der Waals surface area contributed by atoms with E-state index in [1.807, 2.05) is 0 Å². The van der Waals surface area contributed by atoms with Gasteiger partial charge >= 0.3 is 5.97 Å². The van der Waals surface area contributed by atoms with Gasteiger partial charge in [-0.2, -0.15) is 0 Å². The SMILES string of the molecule is C[C@H](OC(=O)c1ccc(Cl)c(N)c1)C(=O)NCc1ccco1. The van der Waals surface area contributed by atoms with Crippen LogP contribution < -0.4 is 11.1 Å². The Bertz CT molecular complexity index is 670. The summed E-state index contributed by atoms with van der Waals surface area (Å²) in [5.74, 6) is -0.465. The van der Waals surface area contributed by atoms with Crippen molar-refractivity contribution in [3.05, 3.63) is 52.9 Å². The molecule has 1 aromatic heterocycles. The molecule has 22 heavy (non-hydrogen) atoms. The third-order valence-electron chi connectivity index (χ3n) is 2.90. The van der Waals surface area contributed by atoms with Crippen molar-refractivity contribution in [2.24, 2.45) is 0 Å². The monoisotopic (exact) mass is 322 g/mol. The van der Waals surface area contributed by atoms with Gasteiger partial charge in [-0.25, -0.2) is 4.79 Å². The maximum atomic E-state index is 11.9. The van der Waals surface area contributed by atoms with Gasteiger partial charge < -0.3 is 20.2 Å². The summed E-state index contributed by atoms with van der Waals surface area (Å²) in [5.41, 5.74) is 6.12. The Morgan fingerprint density at radius 1 is 1.41 bits per heavy atom. The average Bonchev–Trinajstić information content (AvgIpc) is 3.00. The summed E-state index contributed by atoms with van der Waals surface area (Å²) < 4.78 is 10.2. The lowest BCUT2D eigenvalue weighted by molar-refractivity contribution is -0.129. The first-order valence-corrected chi connectivity index (χ1v) is 6.91. The van der Waals surface area contributed by atoms with E-state index < -0.39 is 18.0 Å². The van der Waals surface area contributed by atoms with Crippen molar-refractivity contribution in [2.75, 3.05) is 5.73 Å². The van der Waals surface area contributed by atoms with Crippen LogP contribution in [0, 0.1) is 0 Å². The van der Waals surface area contributed by atoms with Crippen molar-refractivity contribution in [2.45, 2.75) is 19.6 Å². The first-order valence-electron chi connectivity index (χ1n) is 6.53. The number of ether oxygens (including phenoxy) is 1. The molecule has 0 aliphatic heterocycles. The van der Waals surface area contributed by atoms with Gasteiger partial charge in [0.05, 0.1) is 29.1 Å². The van der Waals surface area contributed by atoms with E-state index in [2.05, 4.69) is 5.32 Å². The molecule has 0 aliphatic carbocycles. The quantitative estimate of drug-likeness (QED) is 0.651. The van der Waals surface area contributed by atoms with E-state index in [1.54, 1.807) is 12.1 Å². The molecule has 0 fully saturated rings. The van der Waals surface area contributed by atoms with Gasteiger partial charge in [0.2, 0.25) is 0 Å². The largest absolute Gasteiger partial charge is 0.467 e. The number of amides is 1. The molecule has 1 heterocycles. The molecule has 0 spiro atoms. The number of nitrogens with one attached hydrogen (secondary N) is 1. The van der Waals surface area contributed by atoms with Crippen LogP contribution in [0.1, 0.15) is 23.0 Å². The van der Waals surface area contributed by atoms with Crippen LogP contribution in [0.3, 0.4) is 0 Å². The summed E-state index contributed by atoms with van der Waals surface area (Å²) in [7, 11) is 0.